The van der Waals surface area contributed by atoms with Crippen molar-refractivity contribution in [2.75, 3.05) is 25.1 Å². The summed E-state index contributed by atoms with van der Waals surface area (Å²) in [5.41, 5.74) is 16.9. The average Bonchev–Trinajstić information content (AvgIpc) is 2.83. The molecule has 0 aromatic heterocycles. The number of unbranched alkanes of at least 4 members (excludes halogenated alkanes) is 2. The zero-order chi connectivity index (χ0) is 27.5. The quantitative estimate of drug-likeness (QED) is 0.0807. The van der Waals surface area contributed by atoms with E-state index in [1.165, 1.54) is 11.8 Å². The van der Waals surface area contributed by atoms with E-state index in [0.29, 0.717) is 50.9 Å². The molecule has 0 radical (unpaired) electrons. The Morgan fingerprint density at radius 3 is 1.67 bits per heavy atom. The van der Waals surface area contributed by atoms with Gasteiger partial charge in [0.1, 0.15) is 18.1 Å². The van der Waals surface area contributed by atoms with Crippen LogP contribution in [0.2, 0.25) is 0 Å². The second-order valence-electron chi connectivity index (χ2n) is 8.41. The maximum atomic E-state index is 13.0. The third kappa shape index (κ3) is 14.9. The summed E-state index contributed by atoms with van der Waals surface area (Å²) in [6.07, 6.45) is 4.10. The standard InChI is InChI=1S/C22H42N6O7S/c1-36-13-10-14(25)19(31)26-15(6-2-4-11-23)20(32)27-16(8-9-18(29)30)21(33)28-17(22(34)35)7-3-5-12-24/h14-17H,2-13,23-25H2,1H3,(H,26,31)(H,27,32)(H,28,33)(H,29,30)(H,34,35). The van der Waals surface area contributed by atoms with Gasteiger partial charge in [-0.15, -0.1) is 0 Å². The fraction of sp³-hybridized carbons (Fsp3) is 0.773. The minimum atomic E-state index is -1.32. The molecule has 0 aliphatic rings. The van der Waals surface area contributed by atoms with Crippen LogP contribution in [-0.4, -0.2) is 89.1 Å². The van der Waals surface area contributed by atoms with Crippen molar-refractivity contribution >= 4 is 41.4 Å². The molecule has 0 spiro atoms. The molecule has 0 saturated heterocycles. The van der Waals surface area contributed by atoms with E-state index in [4.69, 9.17) is 22.3 Å². The Hall–Kier alpha value is -2.42. The first-order chi connectivity index (χ1) is 17.1. The molecule has 13 nitrogen and oxygen atoms in total. The number of hydrogen-bond acceptors (Lipinski definition) is 9. The van der Waals surface area contributed by atoms with E-state index in [2.05, 4.69) is 16.0 Å². The summed E-state index contributed by atoms with van der Waals surface area (Å²) in [5, 5.41) is 25.9. The zero-order valence-electron chi connectivity index (χ0n) is 20.9. The smallest absolute Gasteiger partial charge is 0.326 e. The van der Waals surface area contributed by atoms with Crippen molar-refractivity contribution in [3.8, 4) is 0 Å². The molecule has 0 saturated carbocycles. The molecular weight excluding hydrogens is 492 g/mol. The van der Waals surface area contributed by atoms with Gasteiger partial charge in [-0.1, -0.05) is 0 Å². The SMILES string of the molecule is CSCCC(N)C(=O)NC(CCCCN)C(=O)NC(CCC(=O)O)C(=O)NC(CCCCN)C(=O)O. The lowest BCUT2D eigenvalue weighted by Crippen LogP contribution is -2.57. The number of carbonyl (C=O) groups excluding carboxylic acids is 3. The molecule has 4 unspecified atom stereocenters. The van der Waals surface area contributed by atoms with Crippen molar-refractivity contribution in [2.24, 2.45) is 17.2 Å². The molecule has 0 aromatic rings. The third-order valence-corrected chi connectivity index (χ3v) is 6.03. The highest BCUT2D eigenvalue weighted by Crippen LogP contribution is 2.07. The Balaban J connectivity index is 5.50. The summed E-state index contributed by atoms with van der Waals surface area (Å²) < 4.78 is 0. The molecular formula is C22H42N6O7S. The fourth-order valence-electron chi connectivity index (χ4n) is 3.25. The fourth-order valence-corrected chi connectivity index (χ4v) is 3.74. The van der Waals surface area contributed by atoms with Crippen LogP contribution in [0.3, 0.4) is 0 Å². The lowest BCUT2D eigenvalue weighted by Gasteiger charge is -2.25. The van der Waals surface area contributed by atoms with Gasteiger partial charge < -0.3 is 43.4 Å². The second kappa shape index (κ2) is 19.7. The number of nitrogens with one attached hydrogen (secondary N) is 3. The van der Waals surface area contributed by atoms with E-state index in [-0.39, 0.29) is 19.3 Å². The molecule has 0 bridgehead atoms. The van der Waals surface area contributed by atoms with E-state index in [0.717, 1.165) is 0 Å². The lowest BCUT2D eigenvalue weighted by atomic mass is 10.0. The molecule has 36 heavy (non-hydrogen) atoms. The lowest BCUT2D eigenvalue weighted by molar-refractivity contribution is -0.143. The van der Waals surface area contributed by atoms with E-state index in [9.17, 15) is 29.1 Å². The largest absolute Gasteiger partial charge is 0.481 e. The first-order valence-corrected chi connectivity index (χ1v) is 13.5. The van der Waals surface area contributed by atoms with Crippen LogP contribution < -0.4 is 33.2 Å². The maximum Gasteiger partial charge on any atom is 0.326 e. The second-order valence-corrected chi connectivity index (χ2v) is 9.40. The van der Waals surface area contributed by atoms with Gasteiger partial charge in [0.05, 0.1) is 6.04 Å². The van der Waals surface area contributed by atoms with Gasteiger partial charge in [0.15, 0.2) is 0 Å². The summed E-state index contributed by atoms with van der Waals surface area (Å²) in [4.78, 5) is 61.0. The Labute approximate surface area is 216 Å². The number of thioether (sulfide) groups is 1. The molecule has 0 fully saturated rings. The maximum absolute atomic E-state index is 13.0. The van der Waals surface area contributed by atoms with Crippen LogP contribution in [0.4, 0.5) is 0 Å². The minimum Gasteiger partial charge on any atom is -0.481 e. The van der Waals surface area contributed by atoms with Crippen LogP contribution in [0.5, 0.6) is 0 Å². The number of rotatable bonds is 21. The summed E-state index contributed by atoms with van der Waals surface area (Å²) in [6.45, 7) is 0.760. The van der Waals surface area contributed by atoms with E-state index < -0.39 is 60.2 Å². The van der Waals surface area contributed by atoms with Gasteiger partial charge >= 0.3 is 11.9 Å². The van der Waals surface area contributed by atoms with Crippen molar-refractivity contribution in [1.82, 2.24) is 16.0 Å². The highest BCUT2D eigenvalue weighted by molar-refractivity contribution is 7.98. The molecule has 0 aliphatic heterocycles. The average molecular weight is 535 g/mol. The van der Waals surface area contributed by atoms with E-state index >= 15 is 0 Å². The highest BCUT2D eigenvalue weighted by atomic mass is 32.2. The Bertz CT molecular complexity index is 712. The molecule has 0 heterocycles. The van der Waals surface area contributed by atoms with Gasteiger partial charge in [0.2, 0.25) is 17.7 Å². The minimum absolute atomic E-state index is 0.129. The van der Waals surface area contributed by atoms with Gasteiger partial charge in [-0.3, -0.25) is 19.2 Å². The van der Waals surface area contributed by atoms with E-state index in [1.54, 1.807) is 0 Å². The van der Waals surface area contributed by atoms with Crippen LogP contribution in [0.15, 0.2) is 0 Å². The van der Waals surface area contributed by atoms with Crippen molar-refractivity contribution in [3.63, 3.8) is 0 Å². The molecule has 14 heteroatoms. The van der Waals surface area contributed by atoms with Crippen LogP contribution in [0.1, 0.15) is 57.8 Å². The Morgan fingerprint density at radius 2 is 1.19 bits per heavy atom. The topological polar surface area (TPSA) is 240 Å². The number of carboxylic acid groups (broad SMARTS) is 2. The number of carbonyl (C=O) groups is 5. The summed E-state index contributed by atoms with van der Waals surface area (Å²) >= 11 is 1.53. The molecule has 208 valence electrons. The predicted molar refractivity (Wildman–Crippen MR) is 137 cm³/mol. The van der Waals surface area contributed by atoms with Crippen LogP contribution in [-0.2, 0) is 24.0 Å². The van der Waals surface area contributed by atoms with Gasteiger partial charge in [-0.05, 0) is 76.5 Å². The van der Waals surface area contributed by atoms with Crippen LogP contribution in [0.25, 0.3) is 0 Å². The highest BCUT2D eigenvalue weighted by Gasteiger charge is 2.30. The number of aliphatic carboxylic acids is 2. The molecule has 4 atom stereocenters. The zero-order valence-corrected chi connectivity index (χ0v) is 21.7. The van der Waals surface area contributed by atoms with Gasteiger partial charge in [-0.2, -0.15) is 11.8 Å². The Morgan fingerprint density at radius 1 is 0.722 bits per heavy atom. The van der Waals surface area contributed by atoms with Crippen molar-refractivity contribution < 1.29 is 34.2 Å². The monoisotopic (exact) mass is 534 g/mol. The summed E-state index contributed by atoms with van der Waals surface area (Å²) in [6, 6.07) is -4.38. The molecule has 11 N–H and O–H groups in total. The van der Waals surface area contributed by atoms with Gasteiger partial charge in [0, 0.05) is 6.42 Å². The predicted octanol–water partition coefficient (Wildman–Crippen LogP) is -1.27. The Kier molecular flexibility index (Phi) is 18.4. The number of amides is 3. The summed E-state index contributed by atoms with van der Waals surface area (Å²) in [7, 11) is 0. The van der Waals surface area contributed by atoms with Crippen LogP contribution >= 0.6 is 11.8 Å². The van der Waals surface area contributed by atoms with Crippen LogP contribution in [0, 0.1) is 0 Å². The third-order valence-electron chi connectivity index (χ3n) is 5.39. The number of hydrogen-bond donors (Lipinski definition) is 8. The first-order valence-electron chi connectivity index (χ1n) is 12.1. The van der Waals surface area contributed by atoms with Crippen molar-refractivity contribution in [3.05, 3.63) is 0 Å². The van der Waals surface area contributed by atoms with Crippen molar-refractivity contribution in [2.45, 2.75) is 82.0 Å². The van der Waals surface area contributed by atoms with Gasteiger partial charge in [-0.25, -0.2) is 4.79 Å². The molecule has 0 aromatic carbocycles. The first kappa shape index (κ1) is 33.6. The molecule has 0 aliphatic carbocycles. The van der Waals surface area contributed by atoms with E-state index in [1.807, 2.05) is 6.26 Å². The molecule has 3 amide bonds. The van der Waals surface area contributed by atoms with Gasteiger partial charge in [0.25, 0.3) is 0 Å². The molecule has 0 rings (SSSR count). The van der Waals surface area contributed by atoms with Crippen molar-refractivity contribution in [1.29, 1.82) is 0 Å². The number of carboxylic acids is 2. The number of nitrogens with two attached hydrogens (primary N) is 3. The summed E-state index contributed by atoms with van der Waals surface area (Å²) in [5.74, 6) is -3.82. The normalized spacial score (nSPS) is 14.2.